The first kappa shape index (κ1) is 24.8. The van der Waals surface area contributed by atoms with E-state index in [0.717, 1.165) is 19.5 Å². The van der Waals surface area contributed by atoms with Crippen LogP contribution < -0.4 is 5.09 Å². The van der Waals surface area contributed by atoms with E-state index >= 15 is 0 Å². The van der Waals surface area contributed by atoms with Crippen LogP contribution in [-0.4, -0.2) is 13.2 Å². The summed E-state index contributed by atoms with van der Waals surface area (Å²) in [6, 6.07) is 0. The second-order valence-corrected chi connectivity index (χ2v) is 5.06. The van der Waals surface area contributed by atoms with Crippen molar-refractivity contribution in [3.05, 3.63) is 0 Å². The summed E-state index contributed by atoms with van der Waals surface area (Å²) >= 11 is 4.50. The molecule has 0 bridgehead atoms. The summed E-state index contributed by atoms with van der Waals surface area (Å²) < 4.78 is 4.85. The standard InChI is InChI=1S/C2H7INP.C2H6IOP.2HI/c2*1-2-4-5-3;;/h4-5H,2H2,1H3;5H,2H2,1H3;2*1H. The Morgan fingerprint density at radius 1 is 1.25 bits per heavy atom. The maximum atomic E-state index is 4.85. The first-order valence-corrected chi connectivity index (χ1v) is 11.0. The summed E-state index contributed by atoms with van der Waals surface area (Å²) in [6.45, 7) is 6.67. The van der Waals surface area contributed by atoms with Crippen molar-refractivity contribution in [3.63, 3.8) is 0 Å². The third-order valence-corrected chi connectivity index (χ3v) is 3.41. The minimum Gasteiger partial charge on any atom is -0.352 e. The minimum atomic E-state index is 0. The lowest BCUT2D eigenvalue weighted by Gasteiger charge is -1.84. The molecule has 0 aromatic heterocycles. The van der Waals surface area contributed by atoms with E-state index in [4.69, 9.17) is 4.52 Å². The second kappa shape index (κ2) is 29.3. The van der Waals surface area contributed by atoms with Gasteiger partial charge in [-0.2, -0.15) is 0 Å². The number of halogens is 4. The highest BCUT2D eigenvalue weighted by molar-refractivity contribution is 14.2. The molecular weight excluding hydrogens is 648 g/mol. The van der Waals surface area contributed by atoms with Crippen molar-refractivity contribution >= 4 is 105 Å². The normalized spacial score (nSPS) is 9.00. The van der Waals surface area contributed by atoms with Crippen molar-refractivity contribution < 1.29 is 4.52 Å². The van der Waals surface area contributed by atoms with E-state index < -0.39 is 0 Å². The third-order valence-electron chi connectivity index (χ3n) is 0.442. The van der Waals surface area contributed by atoms with Gasteiger partial charge in [0.2, 0.25) is 0 Å². The Balaban J connectivity index is -0.0000000457. The Hall–Kier alpha value is 3.70. The van der Waals surface area contributed by atoms with Crippen LogP contribution >= 0.6 is 105 Å². The molecule has 0 amide bonds. The molecule has 8 heteroatoms. The Labute approximate surface area is 139 Å². The molecule has 0 aliphatic rings. The van der Waals surface area contributed by atoms with Crippen molar-refractivity contribution in [1.29, 1.82) is 0 Å². The molecule has 0 saturated carbocycles. The molecule has 1 N–H and O–H groups in total. The van der Waals surface area contributed by atoms with Crippen LogP contribution in [0.4, 0.5) is 0 Å². The SMILES string of the molecule is CCNPI.CCOPI.I.I. The molecule has 0 radical (unpaired) electrons. The zero-order valence-electron chi connectivity index (χ0n) is 6.89. The highest BCUT2D eigenvalue weighted by Gasteiger charge is 1.66. The van der Waals surface area contributed by atoms with E-state index in [9.17, 15) is 0 Å². The van der Waals surface area contributed by atoms with Crippen LogP contribution in [0.15, 0.2) is 0 Å². The average Bonchev–Trinajstić information content (AvgIpc) is 1.93. The lowest BCUT2D eigenvalue weighted by molar-refractivity contribution is 0.398. The van der Waals surface area contributed by atoms with Gasteiger partial charge in [-0.3, -0.25) is 5.09 Å². The van der Waals surface area contributed by atoms with E-state index in [0.29, 0.717) is 6.45 Å². The molecule has 0 rings (SSSR count). The zero-order valence-corrected chi connectivity index (χ0v) is 17.9. The molecule has 0 aromatic rings. The van der Waals surface area contributed by atoms with Crippen molar-refractivity contribution in [2.24, 2.45) is 0 Å². The van der Waals surface area contributed by atoms with Crippen molar-refractivity contribution in [1.82, 2.24) is 5.09 Å². The molecule has 2 unspecified atom stereocenters. The molecule has 0 heterocycles. The van der Waals surface area contributed by atoms with Crippen LogP contribution in [0.3, 0.4) is 0 Å². The Bertz CT molecular complexity index is 46.0. The summed E-state index contributed by atoms with van der Waals surface area (Å²) in [4.78, 5) is 0. The van der Waals surface area contributed by atoms with E-state index in [1.165, 1.54) is 0 Å². The van der Waals surface area contributed by atoms with Gasteiger partial charge < -0.3 is 4.52 Å². The number of rotatable bonds is 4. The summed E-state index contributed by atoms with van der Waals surface area (Å²) in [5.74, 6) is 0. The third kappa shape index (κ3) is 37.3. The monoisotopic (exact) mass is 663 g/mol. The largest absolute Gasteiger partial charge is 0.352 e. The molecule has 0 saturated heterocycles. The highest BCUT2D eigenvalue weighted by Crippen LogP contribution is 2.20. The highest BCUT2D eigenvalue weighted by atomic mass is 127. The molecule has 2 atom stereocenters. The fourth-order valence-electron chi connectivity index (χ4n) is 0.121. The maximum absolute atomic E-state index is 4.85. The molecule has 0 aromatic carbocycles. The fourth-order valence-corrected chi connectivity index (χ4v) is 2.44. The first-order chi connectivity index (χ1) is 4.83. The van der Waals surface area contributed by atoms with Gasteiger partial charge in [-0.05, 0) is 57.6 Å². The van der Waals surface area contributed by atoms with Gasteiger partial charge in [-0.1, -0.05) is 6.92 Å². The van der Waals surface area contributed by atoms with Gasteiger partial charge in [0, 0.05) is 13.0 Å². The predicted octanol–water partition coefficient (Wildman–Crippen LogP) is 4.74. The van der Waals surface area contributed by atoms with Crippen molar-refractivity contribution in [3.8, 4) is 0 Å². The van der Waals surface area contributed by atoms with E-state index in [1.54, 1.807) is 0 Å². The van der Waals surface area contributed by atoms with Gasteiger partial charge in [0.25, 0.3) is 0 Å². The van der Waals surface area contributed by atoms with Crippen molar-refractivity contribution in [2.45, 2.75) is 13.8 Å². The number of hydrogen-bond acceptors (Lipinski definition) is 2. The quantitative estimate of drug-likeness (QED) is 0.347. The minimum absolute atomic E-state index is 0. The molecule has 80 valence electrons. The lowest BCUT2D eigenvalue weighted by atomic mass is 10.8. The van der Waals surface area contributed by atoms with Crippen LogP contribution in [0.25, 0.3) is 0 Å². The van der Waals surface area contributed by atoms with E-state index in [1.807, 2.05) is 6.92 Å². The summed E-state index contributed by atoms with van der Waals surface area (Å²) in [7, 11) is 0. The molecular formula is C4H15I4NOP2. The molecule has 12 heavy (non-hydrogen) atoms. The zero-order chi connectivity index (χ0) is 8.24. The molecule has 0 spiro atoms. The first-order valence-electron chi connectivity index (χ1n) is 2.89. The molecule has 0 fully saturated rings. The number of nitrogens with one attached hydrogen (secondary N) is 1. The van der Waals surface area contributed by atoms with Crippen LogP contribution in [0.5, 0.6) is 0 Å². The van der Waals surface area contributed by atoms with E-state index in [2.05, 4.69) is 56.1 Å². The second-order valence-electron chi connectivity index (χ2n) is 1.13. The Morgan fingerprint density at radius 2 is 1.75 bits per heavy atom. The van der Waals surface area contributed by atoms with Crippen LogP contribution in [0, 0.1) is 0 Å². The predicted molar refractivity (Wildman–Crippen MR) is 101 cm³/mol. The van der Waals surface area contributed by atoms with Gasteiger partial charge in [-0.15, -0.1) is 48.0 Å². The van der Waals surface area contributed by atoms with Crippen LogP contribution in [0.1, 0.15) is 13.8 Å². The van der Waals surface area contributed by atoms with Gasteiger partial charge in [0.15, 0.2) is 0 Å². The maximum Gasteiger partial charge on any atom is 0.0793 e. The van der Waals surface area contributed by atoms with Gasteiger partial charge >= 0.3 is 0 Å². The fraction of sp³-hybridized carbons (Fsp3) is 1.00. The van der Waals surface area contributed by atoms with Gasteiger partial charge in [0.05, 0.1) is 6.45 Å². The average molecular weight is 663 g/mol. The Morgan fingerprint density at radius 3 is 1.75 bits per heavy atom. The summed E-state index contributed by atoms with van der Waals surface area (Å²) in [6.07, 6.45) is 0.878. The Kier molecular flexibility index (Phi) is 60.6. The summed E-state index contributed by atoms with van der Waals surface area (Å²) in [5, 5.41) is 3.13. The topological polar surface area (TPSA) is 21.3 Å². The smallest absolute Gasteiger partial charge is 0.0793 e. The van der Waals surface area contributed by atoms with Gasteiger partial charge in [-0.25, -0.2) is 0 Å². The van der Waals surface area contributed by atoms with Crippen LogP contribution in [-0.2, 0) is 4.52 Å². The number of hydrogen-bond donors (Lipinski definition) is 1. The van der Waals surface area contributed by atoms with Crippen molar-refractivity contribution in [2.75, 3.05) is 13.2 Å². The molecule has 0 aliphatic carbocycles. The van der Waals surface area contributed by atoms with E-state index in [-0.39, 0.29) is 48.0 Å². The summed E-state index contributed by atoms with van der Waals surface area (Å²) in [5.41, 5.74) is 0. The van der Waals surface area contributed by atoms with Gasteiger partial charge in [0.1, 0.15) is 0 Å². The lowest BCUT2D eigenvalue weighted by Crippen LogP contribution is -1.93. The molecule has 2 nitrogen and oxygen atoms in total. The molecule has 0 aliphatic heterocycles. The van der Waals surface area contributed by atoms with Crippen LogP contribution in [0.2, 0.25) is 0 Å².